The van der Waals surface area contributed by atoms with Gasteiger partial charge in [-0.1, -0.05) is 57.9 Å². The van der Waals surface area contributed by atoms with Crippen molar-refractivity contribution in [2.75, 3.05) is 24.6 Å². The van der Waals surface area contributed by atoms with E-state index in [-0.39, 0.29) is 25.6 Å². The zero-order valence-electron chi connectivity index (χ0n) is 22.1. The minimum absolute atomic E-state index is 0.123. The molecule has 1 unspecified atom stereocenters. The lowest BCUT2D eigenvalue weighted by Crippen LogP contribution is -2.55. The molecule has 3 aromatic carbocycles. The van der Waals surface area contributed by atoms with Crippen molar-refractivity contribution in [3.8, 4) is 5.75 Å². The van der Waals surface area contributed by atoms with Gasteiger partial charge in [0.15, 0.2) is 0 Å². The number of halogens is 2. The highest BCUT2D eigenvalue weighted by molar-refractivity contribution is 9.10. The summed E-state index contributed by atoms with van der Waals surface area (Å²) in [6.07, 6.45) is 1.34. The standard InChI is InChI=1S/C30H33BrClN3O4/c1-20-15-24(31)16-21(2)28(20)35-12-6-11-27(29(35)37)33-30(38)34(13-14-36)18-22-7-5-9-25(17-22)39-19-23-8-3-4-10-26(23)32/h3-5,7-10,15-17,27,36H,6,11-14,18-19H2,1-2H3,(H,33,38). The molecule has 4 rings (SSSR count). The normalized spacial score (nSPS) is 15.3. The van der Waals surface area contributed by atoms with Gasteiger partial charge in [-0.05, 0) is 73.7 Å². The number of nitrogens with one attached hydrogen (secondary N) is 1. The van der Waals surface area contributed by atoms with Crippen LogP contribution >= 0.6 is 27.5 Å². The topological polar surface area (TPSA) is 82.1 Å². The number of aryl methyl sites for hydroxylation is 2. The number of piperidine rings is 1. The van der Waals surface area contributed by atoms with Crippen molar-refractivity contribution < 1.29 is 19.4 Å². The number of aliphatic hydroxyl groups excluding tert-OH is 1. The third kappa shape index (κ3) is 7.32. The molecule has 0 saturated carbocycles. The average Bonchev–Trinajstić information content (AvgIpc) is 2.89. The number of anilines is 1. The molecule has 3 aromatic rings. The highest BCUT2D eigenvalue weighted by atomic mass is 79.9. The molecule has 1 fully saturated rings. The van der Waals surface area contributed by atoms with Gasteiger partial charge < -0.3 is 25.0 Å². The van der Waals surface area contributed by atoms with Crippen LogP contribution in [0.15, 0.2) is 65.1 Å². The first-order valence-corrected chi connectivity index (χ1v) is 14.1. The fourth-order valence-electron chi connectivity index (χ4n) is 4.90. The van der Waals surface area contributed by atoms with Gasteiger partial charge in [-0.25, -0.2) is 4.79 Å². The van der Waals surface area contributed by atoms with Crippen LogP contribution in [0.5, 0.6) is 5.75 Å². The van der Waals surface area contributed by atoms with Crippen molar-refractivity contribution in [2.45, 2.75) is 45.9 Å². The second-order valence-corrected chi connectivity index (χ2v) is 11.0. The molecule has 0 radical (unpaired) electrons. The Morgan fingerprint density at radius 3 is 2.62 bits per heavy atom. The van der Waals surface area contributed by atoms with Gasteiger partial charge in [-0.3, -0.25) is 4.79 Å². The van der Waals surface area contributed by atoms with Gasteiger partial charge in [-0.2, -0.15) is 0 Å². The minimum atomic E-state index is -0.639. The van der Waals surface area contributed by atoms with Crippen LogP contribution in [0.3, 0.4) is 0 Å². The molecule has 0 spiro atoms. The molecule has 1 atom stereocenters. The first-order valence-electron chi connectivity index (χ1n) is 13.0. The Labute approximate surface area is 242 Å². The van der Waals surface area contributed by atoms with Crippen molar-refractivity contribution >= 4 is 45.2 Å². The lowest BCUT2D eigenvalue weighted by atomic mass is 10.0. The Balaban J connectivity index is 1.42. The number of urea groups is 1. The first kappa shape index (κ1) is 28.9. The predicted octanol–water partition coefficient (Wildman–Crippen LogP) is 6.00. The molecule has 0 bridgehead atoms. The molecule has 39 heavy (non-hydrogen) atoms. The summed E-state index contributed by atoms with van der Waals surface area (Å²) >= 11 is 9.75. The summed E-state index contributed by atoms with van der Waals surface area (Å²) in [7, 11) is 0. The van der Waals surface area contributed by atoms with E-state index in [0.717, 1.165) is 38.8 Å². The number of benzene rings is 3. The summed E-state index contributed by atoms with van der Waals surface area (Å²) in [6.45, 7) is 5.09. The Hall–Kier alpha value is -3.07. The van der Waals surface area contributed by atoms with Crippen molar-refractivity contribution in [1.82, 2.24) is 10.2 Å². The van der Waals surface area contributed by atoms with Crippen LogP contribution < -0.4 is 15.0 Å². The summed E-state index contributed by atoms with van der Waals surface area (Å²) in [6, 6.07) is 17.9. The molecular formula is C30H33BrClN3O4. The molecule has 1 aliphatic heterocycles. The van der Waals surface area contributed by atoms with Gasteiger partial charge >= 0.3 is 6.03 Å². The fraction of sp³-hybridized carbons (Fsp3) is 0.333. The molecule has 3 amide bonds. The number of aliphatic hydroxyl groups is 1. The highest BCUT2D eigenvalue weighted by Gasteiger charge is 2.33. The van der Waals surface area contributed by atoms with Gasteiger partial charge in [-0.15, -0.1) is 0 Å². The molecule has 2 N–H and O–H groups in total. The van der Waals surface area contributed by atoms with E-state index in [1.807, 2.05) is 74.5 Å². The number of carbonyl (C=O) groups is 2. The molecule has 1 aliphatic rings. The van der Waals surface area contributed by atoms with Gasteiger partial charge in [0.05, 0.1) is 6.61 Å². The van der Waals surface area contributed by atoms with Crippen LogP contribution in [-0.2, 0) is 17.9 Å². The lowest BCUT2D eigenvalue weighted by molar-refractivity contribution is -0.121. The molecular weight excluding hydrogens is 582 g/mol. The van der Waals surface area contributed by atoms with Crippen LogP contribution in [0.25, 0.3) is 0 Å². The zero-order valence-corrected chi connectivity index (χ0v) is 24.5. The number of nitrogens with zero attached hydrogens (tertiary/aromatic N) is 2. The van der Waals surface area contributed by atoms with Crippen LogP contribution in [0.1, 0.15) is 35.1 Å². The second kappa shape index (κ2) is 13.3. The van der Waals surface area contributed by atoms with Gasteiger partial charge in [0.25, 0.3) is 0 Å². The van der Waals surface area contributed by atoms with E-state index in [2.05, 4.69) is 21.2 Å². The van der Waals surface area contributed by atoms with Crippen LogP contribution in [-0.4, -0.2) is 47.7 Å². The molecule has 0 aliphatic carbocycles. The Morgan fingerprint density at radius 1 is 1.15 bits per heavy atom. The Bertz CT molecular complexity index is 1310. The monoisotopic (exact) mass is 613 g/mol. The van der Waals surface area contributed by atoms with Crippen molar-refractivity contribution in [1.29, 1.82) is 0 Å². The third-order valence-electron chi connectivity index (χ3n) is 6.74. The van der Waals surface area contributed by atoms with Crippen LogP contribution in [0, 0.1) is 13.8 Å². The smallest absolute Gasteiger partial charge is 0.318 e. The number of ether oxygens (including phenoxy) is 1. The van der Waals surface area contributed by atoms with E-state index in [0.29, 0.717) is 30.3 Å². The number of carbonyl (C=O) groups excluding carboxylic acids is 2. The second-order valence-electron chi connectivity index (χ2n) is 9.70. The number of hydrogen-bond donors (Lipinski definition) is 2. The molecule has 1 heterocycles. The van der Waals surface area contributed by atoms with Crippen LogP contribution in [0.4, 0.5) is 10.5 Å². The Kier molecular flexibility index (Phi) is 9.88. The van der Waals surface area contributed by atoms with Crippen molar-refractivity contribution in [2.24, 2.45) is 0 Å². The SMILES string of the molecule is Cc1cc(Br)cc(C)c1N1CCCC(NC(=O)N(CCO)Cc2cccc(OCc3ccccc3Cl)c2)C1=O. The first-order chi connectivity index (χ1) is 18.8. The lowest BCUT2D eigenvalue weighted by Gasteiger charge is -2.35. The molecule has 0 aromatic heterocycles. The summed E-state index contributed by atoms with van der Waals surface area (Å²) in [5.41, 5.74) is 4.61. The molecule has 1 saturated heterocycles. The van der Waals surface area contributed by atoms with Gasteiger partial charge in [0.1, 0.15) is 18.4 Å². The van der Waals surface area contributed by atoms with E-state index in [9.17, 15) is 14.7 Å². The quantitative estimate of drug-likeness (QED) is 0.310. The maximum atomic E-state index is 13.5. The van der Waals surface area contributed by atoms with Gasteiger partial charge in [0.2, 0.25) is 5.91 Å². The average molecular weight is 615 g/mol. The number of hydrogen-bond acceptors (Lipinski definition) is 4. The third-order valence-corrected chi connectivity index (χ3v) is 7.57. The maximum absolute atomic E-state index is 13.5. The van der Waals surface area contributed by atoms with E-state index in [1.54, 1.807) is 4.90 Å². The van der Waals surface area contributed by atoms with E-state index in [1.165, 1.54) is 4.90 Å². The highest BCUT2D eigenvalue weighted by Crippen LogP contribution is 2.31. The van der Waals surface area contributed by atoms with E-state index in [4.69, 9.17) is 16.3 Å². The molecule has 9 heteroatoms. The van der Waals surface area contributed by atoms with Crippen molar-refractivity contribution in [3.05, 3.63) is 92.4 Å². The van der Waals surface area contributed by atoms with Gasteiger partial charge in [0, 0.05) is 40.4 Å². The summed E-state index contributed by atoms with van der Waals surface area (Å²) < 4.78 is 6.89. The fourth-order valence-corrected chi connectivity index (χ4v) is 5.78. The van der Waals surface area contributed by atoms with E-state index >= 15 is 0 Å². The summed E-state index contributed by atoms with van der Waals surface area (Å²) in [4.78, 5) is 30.0. The van der Waals surface area contributed by atoms with E-state index < -0.39 is 12.1 Å². The molecule has 206 valence electrons. The zero-order chi connectivity index (χ0) is 27.9. The van der Waals surface area contributed by atoms with Crippen LogP contribution in [0.2, 0.25) is 5.02 Å². The molecule has 7 nitrogen and oxygen atoms in total. The predicted molar refractivity (Wildman–Crippen MR) is 157 cm³/mol. The summed E-state index contributed by atoms with van der Waals surface area (Å²) in [5, 5.41) is 13.2. The number of rotatable bonds is 9. The summed E-state index contributed by atoms with van der Waals surface area (Å²) in [5.74, 6) is 0.525. The maximum Gasteiger partial charge on any atom is 0.318 e. The largest absolute Gasteiger partial charge is 0.489 e. The minimum Gasteiger partial charge on any atom is -0.489 e. The Morgan fingerprint density at radius 2 is 1.90 bits per heavy atom. The van der Waals surface area contributed by atoms with Crippen molar-refractivity contribution in [3.63, 3.8) is 0 Å². The number of amides is 3.